The Kier molecular flexibility index (Phi) is 15.6. The number of likely N-dealkylation sites (tertiary alicyclic amines) is 1. The van der Waals surface area contributed by atoms with E-state index >= 15 is 0 Å². The molecule has 3 aliphatic rings. The van der Waals surface area contributed by atoms with Crippen LogP contribution in [0.1, 0.15) is 106 Å². The second-order valence-electron chi connectivity index (χ2n) is 16.4. The summed E-state index contributed by atoms with van der Waals surface area (Å²) in [7, 11) is 0. The molecule has 0 aromatic rings. The van der Waals surface area contributed by atoms with E-state index in [1.807, 2.05) is 41.5 Å². The third kappa shape index (κ3) is 12.0. The molecule has 0 spiro atoms. The van der Waals surface area contributed by atoms with E-state index in [9.17, 15) is 28.8 Å². The van der Waals surface area contributed by atoms with E-state index in [2.05, 4.69) is 39.1 Å². The van der Waals surface area contributed by atoms with Gasteiger partial charge in [0.2, 0.25) is 17.6 Å². The molecule has 1 aliphatic heterocycles. The molecule has 0 aromatic carbocycles. The minimum atomic E-state index is -1.18. The van der Waals surface area contributed by atoms with Gasteiger partial charge in [0.05, 0.1) is 12.1 Å². The van der Waals surface area contributed by atoms with Crippen molar-refractivity contribution in [3.05, 3.63) is 12.7 Å². The number of Topliss-reactive ketones (excluding diaryl/α,β-unsaturated/α-hetero) is 1. The highest BCUT2D eigenvalue weighted by Gasteiger charge is 2.50. The molecule has 13 nitrogen and oxygen atoms in total. The molecule has 1 heterocycles. The van der Waals surface area contributed by atoms with Gasteiger partial charge >= 0.3 is 12.1 Å². The largest absolute Gasteiger partial charge is 0.447 e. The van der Waals surface area contributed by atoms with Crippen LogP contribution < -0.4 is 26.6 Å². The summed E-state index contributed by atoms with van der Waals surface area (Å²) in [5.41, 5.74) is -1.07. The number of urea groups is 1. The number of rotatable bonds is 17. The Bertz CT molecular complexity index is 1340. The number of alkyl carbamates (subject to hydrolysis) is 1. The van der Waals surface area contributed by atoms with Crippen molar-refractivity contribution in [3.8, 4) is 12.3 Å². The predicted molar refractivity (Wildman–Crippen MR) is 199 cm³/mol. The molecule has 0 aromatic heterocycles. The standard InChI is InChI=1S/C39H62N6O7/c1-9-11-15-28(31(46)34(48)40-21-10-2)42-33(47)30-27(25(3)4)18-22-45(30)35(49)32(39(8)19-13-12-14-20-39)44-36(50)43-29(38(5,6)7)24-52-37(51)41-23-26-16-17-26/h1,10,25-30,32H,2,11-24H2,3-8H3,(H,40,48)(H,41,51)(H,42,47)(H2,43,44,50)/t27-,28?,29?,30+,32?/m1/s1. The lowest BCUT2D eigenvalue weighted by Crippen LogP contribution is -2.63. The van der Waals surface area contributed by atoms with Crippen molar-refractivity contribution >= 4 is 35.6 Å². The van der Waals surface area contributed by atoms with Crippen LogP contribution in [0, 0.1) is 40.9 Å². The fourth-order valence-electron chi connectivity index (χ4n) is 7.21. The quantitative estimate of drug-likeness (QED) is 0.0861. The average Bonchev–Trinajstić information content (AvgIpc) is 3.82. The van der Waals surface area contributed by atoms with Crippen molar-refractivity contribution in [1.29, 1.82) is 0 Å². The number of ketones is 1. The highest BCUT2D eigenvalue weighted by atomic mass is 16.5. The molecular weight excluding hydrogens is 664 g/mol. The first-order chi connectivity index (χ1) is 24.5. The molecule has 1 saturated heterocycles. The van der Waals surface area contributed by atoms with Crippen LogP contribution in [0.4, 0.5) is 9.59 Å². The van der Waals surface area contributed by atoms with Gasteiger partial charge in [-0.2, -0.15) is 0 Å². The first-order valence-corrected chi connectivity index (χ1v) is 19.0. The minimum Gasteiger partial charge on any atom is -0.447 e. The fourth-order valence-corrected chi connectivity index (χ4v) is 7.21. The lowest BCUT2D eigenvalue weighted by molar-refractivity contribution is -0.145. The van der Waals surface area contributed by atoms with E-state index in [1.165, 1.54) is 6.08 Å². The topological polar surface area (TPSA) is 175 Å². The Balaban J connectivity index is 1.85. The number of carbonyl (C=O) groups excluding carboxylic acids is 6. The van der Waals surface area contributed by atoms with E-state index < -0.39 is 64.7 Å². The van der Waals surface area contributed by atoms with Crippen molar-refractivity contribution in [2.24, 2.45) is 28.6 Å². The Labute approximate surface area is 309 Å². The maximum atomic E-state index is 14.8. The molecule has 2 saturated carbocycles. The lowest BCUT2D eigenvalue weighted by atomic mass is 9.70. The molecule has 0 radical (unpaired) electrons. The number of hydrogen-bond donors (Lipinski definition) is 5. The van der Waals surface area contributed by atoms with Gasteiger partial charge in [0.15, 0.2) is 0 Å². The minimum absolute atomic E-state index is 0.0123. The van der Waals surface area contributed by atoms with Crippen LogP contribution >= 0.6 is 0 Å². The van der Waals surface area contributed by atoms with Crippen LogP contribution in [-0.2, 0) is 23.9 Å². The molecule has 13 heteroatoms. The van der Waals surface area contributed by atoms with Gasteiger partial charge in [-0.1, -0.05) is 66.9 Å². The summed E-state index contributed by atoms with van der Waals surface area (Å²) in [6.07, 6.45) is 13.5. The summed E-state index contributed by atoms with van der Waals surface area (Å²) in [6, 6.07) is -4.21. The summed E-state index contributed by atoms with van der Waals surface area (Å²) in [4.78, 5) is 82.3. The molecule has 3 rings (SSSR count). The summed E-state index contributed by atoms with van der Waals surface area (Å²) in [5, 5.41) is 14.0. The molecule has 2 aliphatic carbocycles. The van der Waals surface area contributed by atoms with Crippen molar-refractivity contribution in [2.75, 3.05) is 26.2 Å². The van der Waals surface area contributed by atoms with Gasteiger partial charge in [-0.25, -0.2) is 9.59 Å². The van der Waals surface area contributed by atoms with Crippen LogP contribution in [-0.4, -0.2) is 90.9 Å². The monoisotopic (exact) mass is 726 g/mol. The fraction of sp³-hybridized carbons (Fsp3) is 0.744. The van der Waals surface area contributed by atoms with Crippen LogP contribution in [0.2, 0.25) is 0 Å². The highest BCUT2D eigenvalue weighted by molar-refractivity contribution is 6.38. The molecule has 290 valence electrons. The number of nitrogens with zero attached hydrogens (tertiary/aromatic N) is 1. The molecule has 6 amide bonds. The first-order valence-electron chi connectivity index (χ1n) is 19.0. The first kappa shape index (κ1) is 42.3. The number of nitrogens with one attached hydrogen (secondary N) is 5. The van der Waals surface area contributed by atoms with Crippen molar-refractivity contribution in [2.45, 2.75) is 130 Å². The van der Waals surface area contributed by atoms with Gasteiger partial charge < -0.3 is 36.2 Å². The summed E-state index contributed by atoms with van der Waals surface area (Å²) < 4.78 is 5.48. The Morgan fingerprint density at radius 3 is 2.25 bits per heavy atom. The zero-order valence-corrected chi connectivity index (χ0v) is 32.1. The maximum Gasteiger partial charge on any atom is 0.407 e. The van der Waals surface area contributed by atoms with Gasteiger partial charge in [-0.15, -0.1) is 18.9 Å². The molecule has 3 fully saturated rings. The predicted octanol–water partition coefficient (Wildman–Crippen LogP) is 3.82. The summed E-state index contributed by atoms with van der Waals surface area (Å²) >= 11 is 0. The summed E-state index contributed by atoms with van der Waals surface area (Å²) in [6.45, 7) is 16.2. The van der Waals surface area contributed by atoms with Crippen molar-refractivity contribution < 1.29 is 33.5 Å². The van der Waals surface area contributed by atoms with Gasteiger partial charge in [-0.05, 0) is 67.1 Å². The normalized spacial score (nSPS) is 21.5. The zero-order chi connectivity index (χ0) is 38.6. The van der Waals surface area contributed by atoms with Crippen LogP contribution in [0.25, 0.3) is 0 Å². The molecule has 52 heavy (non-hydrogen) atoms. The van der Waals surface area contributed by atoms with Gasteiger partial charge in [0, 0.05) is 26.1 Å². The second kappa shape index (κ2) is 19.1. The third-order valence-electron chi connectivity index (χ3n) is 10.9. The van der Waals surface area contributed by atoms with Crippen LogP contribution in [0.15, 0.2) is 12.7 Å². The Morgan fingerprint density at radius 2 is 1.67 bits per heavy atom. The van der Waals surface area contributed by atoms with E-state index in [0.717, 1.165) is 32.1 Å². The molecule has 5 atom stereocenters. The zero-order valence-electron chi connectivity index (χ0n) is 32.1. The molecular formula is C39H62N6O7. The molecule has 0 bridgehead atoms. The maximum absolute atomic E-state index is 14.8. The van der Waals surface area contributed by atoms with E-state index in [-0.39, 0.29) is 50.3 Å². The SMILES string of the molecule is C#CCCC(NC(=O)[C@@H]1[C@@H](C(C)C)CCN1C(=O)C(NC(=O)NC(COC(=O)NCC1CC1)C(C)(C)C)C1(C)CCCCC1)C(=O)C(=O)NCC=C. The van der Waals surface area contributed by atoms with Crippen molar-refractivity contribution in [1.82, 2.24) is 31.5 Å². The number of hydrogen-bond acceptors (Lipinski definition) is 7. The van der Waals surface area contributed by atoms with E-state index in [1.54, 1.807) is 4.90 Å². The Morgan fingerprint density at radius 1 is 1.00 bits per heavy atom. The highest BCUT2D eigenvalue weighted by Crippen LogP contribution is 2.41. The molecule has 3 unspecified atom stereocenters. The van der Waals surface area contributed by atoms with Crippen LogP contribution in [0.5, 0.6) is 0 Å². The molecule has 5 N–H and O–H groups in total. The number of ether oxygens (including phenoxy) is 1. The lowest BCUT2D eigenvalue weighted by Gasteiger charge is -2.43. The second-order valence-corrected chi connectivity index (χ2v) is 16.4. The van der Waals surface area contributed by atoms with Gasteiger partial charge in [-0.3, -0.25) is 19.2 Å². The van der Waals surface area contributed by atoms with Gasteiger partial charge in [0.25, 0.3) is 5.91 Å². The van der Waals surface area contributed by atoms with E-state index in [4.69, 9.17) is 11.2 Å². The number of carbonyl (C=O) groups is 6. The summed E-state index contributed by atoms with van der Waals surface area (Å²) in [5.74, 6) is 0.132. The smallest absolute Gasteiger partial charge is 0.407 e. The van der Waals surface area contributed by atoms with Crippen LogP contribution in [0.3, 0.4) is 0 Å². The number of amides is 6. The van der Waals surface area contributed by atoms with Gasteiger partial charge in [0.1, 0.15) is 18.7 Å². The van der Waals surface area contributed by atoms with E-state index in [0.29, 0.717) is 31.7 Å². The number of terminal acetylenes is 1. The Hall–Kier alpha value is -4.08. The van der Waals surface area contributed by atoms with Crippen molar-refractivity contribution in [3.63, 3.8) is 0 Å². The third-order valence-corrected chi connectivity index (χ3v) is 10.9. The average molecular weight is 727 g/mol.